The Morgan fingerprint density at radius 3 is 2.08 bits per heavy atom. The fourth-order valence-corrected chi connectivity index (χ4v) is 7.59. The average molecular weight is 1470 g/mol. The van der Waals surface area contributed by atoms with E-state index in [9.17, 15) is 14.4 Å². The number of rotatable bonds is 12. The minimum absolute atomic E-state index is 0. The molecule has 2 aromatic carbocycles. The van der Waals surface area contributed by atoms with Crippen LogP contribution in [0.1, 0.15) is 108 Å². The van der Waals surface area contributed by atoms with Gasteiger partial charge in [-0.2, -0.15) is 0 Å². The molecule has 3 aliphatic rings. The first-order chi connectivity index (χ1) is 25.9. The van der Waals surface area contributed by atoms with Gasteiger partial charge in [0.15, 0.2) is 0 Å². The van der Waals surface area contributed by atoms with Gasteiger partial charge >= 0.3 is 351 Å². The van der Waals surface area contributed by atoms with Crippen LogP contribution >= 0.6 is 0 Å². The van der Waals surface area contributed by atoms with Gasteiger partial charge in [-0.1, -0.05) is 65.0 Å². The minimum atomic E-state index is -0.663. The number of nitrogens with zero attached hydrogens (tertiary/aromatic N) is 4. The molecule has 3 atom stereocenters. The third-order valence-corrected chi connectivity index (χ3v) is 11.6. The van der Waals surface area contributed by atoms with Crippen LogP contribution in [-0.4, -0.2) is 73.9 Å². The Morgan fingerprint density at radius 1 is 0.906 bits per heavy atom. The summed E-state index contributed by atoms with van der Waals surface area (Å²) in [7, 11) is 1.32. The van der Waals surface area contributed by atoms with Crippen molar-refractivity contribution in [1.82, 2.24) is 35.1 Å². The molecule has 11 nitrogen and oxygen atoms in total. The number of methoxy groups -OCH3 is 1. The molecule has 1 saturated heterocycles. The second kappa shape index (κ2) is 34.7. The first kappa shape index (κ1) is 75.7. The zero-order chi connectivity index (χ0) is 38.2. The van der Waals surface area contributed by atoms with Crippen molar-refractivity contribution < 1.29 is 364 Å². The van der Waals surface area contributed by atoms with Gasteiger partial charge in [-0.25, -0.2) is 14.8 Å². The maximum absolute atomic E-state index is 14.0. The van der Waals surface area contributed by atoms with E-state index in [2.05, 4.69) is 47.9 Å². The van der Waals surface area contributed by atoms with E-state index in [4.69, 9.17) is 14.7 Å². The Labute approximate surface area is 681 Å². The summed E-state index contributed by atoms with van der Waals surface area (Å²) in [6, 6.07) is 13.2. The van der Waals surface area contributed by atoms with E-state index in [1.165, 1.54) is 7.11 Å². The van der Waals surface area contributed by atoms with Gasteiger partial charge in [-0.15, -0.1) is 0 Å². The van der Waals surface area contributed by atoms with Crippen LogP contribution in [0.5, 0.6) is 0 Å². The summed E-state index contributed by atoms with van der Waals surface area (Å²) in [5, 5.41) is 2.79. The van der Waals surface area contributed by atoms with Crippen LogP contribution in [-0.2, 0) is 20.9 Å². The van der Waals surface area contributed by atoms with E-state index in [-0.39, 0.29) is 416 Å². The fourth-order valence-electron chi connectivity index (χ4n) is 7.59. The number of ether oxygens (including phenoxy) is 1. The van der Waals surface area contributed by atoms with Crippen LogP contribution in [0.2, 0.25) is 0 Å². The molecule has 3 amide bonds. The monoisotopic (exact) mass is 1470 g/mol. The Balaban J connectivity index is -0.00000180. The number of hydrogen-bond donors (Lipinski definition) is 3. The normalized spacial score (nSPS) is 16.0. The van der Waals surface area contributed by atoms with Gasteiger partial charge in [-0.3, -0.25) is 9.59 Å². The zero-order valence-electron chi connectivity index (χ0n) is 42.4. The van der Waals surface area contributed by atoms with E-state index in [1.807, 2.05) is 72.3 Å². The molecule has 16 heteroatoms. The number of H-pyrrole nitrogens is 2. The second-order valence-corrected chi connectivity index (χ2v) is 16.8. The van der Waals surface area contributed by atoms with Crippen LogP contribution < -0.4 is 350 Å². The molecule has 3 heterocycles. The molecule has 1 spiro atoms. The van der Waals surface area contributed by atoms with Gasteiger partial charge in [0.25, 0.3) is 0 Å². The number of hydrogen-bond acceptors (Lipinski definition) is 6. The molecule has 3 N–H and O–H groups in total. The predicted molar refractivity (Wildman–Crippen MR) is 240 cm³/mol. The molecular formula is C48H68Cs5N7O4. The van der Waals surface area contributed by atoms with Crippen molar-refractivity contribution in [3.8, 4) is 23.1 Å². The number of aromatic nitrogens is 4. The van der Waals surface area contributed by atoms with Gasteiger partial charge in [0.1, 0.15) is 17.7 Å². The second-order valence-electron chi connectivity index (χ2n) is 16.8. The van der Waals surface area contributed by atoms with E-state index in [1.54, 1.807) is 0 Å². The molecule has 3 fully saturated rings. The molecular weight excluding hydrogens is 1400 g/mol. The predicted octanol–water partition coefficient (Wildman–Crippen LogP) is -5.38. The Hall–Kier alpha value is 5.15. The van der Waals surface area contributed by atoms with Gasteiger partial charge in [0.05, 0.1) is 42.6 Å². The van der Waals surface area contributed by atoms with Crippen molar-refractivity contribution in [3.05, 3.63) is 109 Å². The van der Waals surface area contributed by atoms with E-state index >= 15 is 0 Å². The molecule has 324 valence electrons. The van der Waals surface area contributed by atoms with Gasteiger partial charge in [0, 0.05) is 30.6 Å². The van der Waals surface area contributed by atoms with Crippen LogP contribution in [0.4, 0.5) is 4.79 Å². The summed E-state index contributed by atoms with van der Waals surface area (Å²) < 4.78 is 4.84. The smallest absolute Gasteiger partial charge is 0.453 e. The molecule has 1 aliphatic heterocycles. The standard InChI is InChI=1S/C43H53N7O4.5CH3.5Cs/c1-7-28(4)38(48-41(53)54-6)40(52)50-26-43(18-19-43)22-35(50)39-44-23-34(47-39)31-13-10-29(11-14-31)8-9-30-12-15-32-33(21-30)46-36(45-32)24-49(25-42(5)16-17-42)37(51)20-27(2)3;;;;;;;;;;/h10-15,21,23,27-28,35,38H,7,16-20,22,24-26H2,1-6H3,(H,44,47)(H,45,46)(H,48,53);5*1H3;;;;;/q;5*-1;5*+1. The molecule has 2 saturated carbocycles. The quantitative estimate of drug-likeness (QED) is 0.0960. The van der Waals surface area contributed by atoms with E-state index < -0.39 is 12.1 Å². The zero-order valence-corrected chi connectivity index (χ0v) is 73.8. The maximum atomic E-state index is 14.0. The molecule has 2 aliphatic carbocycles. The molecule has 64 heavy (non-hydrogen) atoms. The average Bonchev–Trinajstić information content (AvgIpc) is 3.86. The number of fused-ring (bicyclic) bond motifs is 1. The molecule has 7 rings (SSSR count). The minimum Gasteiger partial charge on any atom is -0.453 e. The number of aromatic amines is 2. The Morgan fingerprint density at radius 2 is 1.52 bits per heavy atom. The number of nitrogens with one attached hydrogen (secondary N) is 3. The summed E-state index contributed by atoms with van der Waals surface area (Å²) in [6.45, 7) is 12.3. The summed E-state index contributed by atoms with van der Waals surface area (Å²) in [5.74, 6) is 8.50. The number of carbonyl (C=O) groups excluding carboxylic acids is 3. The largest absolute Gasteiger partial charge is 1.00 e. The first-order valence-electron chi connectivity index (χ1n) is 19.5. The number of benzene rings is 2. The van der Waals surface area contributed by atoms with Crippen LogP contribution in [0.3, 0.4) is 0 Å². The van der Waals surface area contributed by atoms with Crippen LogP contribution in [0.25, 0.3) is 22.3 Å². The molecule has 4 aromatic rings. The van der Waals surface area contributed by atoms with Gasteiger partial charge in [-0.05, 0) is 90.7 Å². The van der Waals surface area contributed by atoms with Crippen LogP contribution in [0, 0.1) is 71.6 Å². The van der Waals surface area contributed by atoms with Crippen molar-refractivity contribution in [1.29, 1.82) is 0 Å². The number of amides is 3. The van der Waals surface area contributed by atoms with Crippen molar-refractivity contribution in [2.24, 2.45) is 22.7 Å². The SMILES string of the molecule is CCC(C)C(NC(=O)OC)C(=O)N1CC2(CC2)CC1c1ncc(-c2ccc(C#Cc3ccc4nc(CN(CC5(C)CC5)C(=O)CC(C)C)[nH]c4c3)cc2)[nH]1.[CH3-].[CH3-].[CH3-].[CH3-].[CH3-].[Cs+].[Cs+].[Cs+].[Cs+].[Cs+]. The Kier molecular flexibility index (Phi) is 41.0. The molecule has 0 bridgehead atoms. The third-order valence-electron chi connectivity index (χ3n) is 11.6. The molecule has 2 aromatic heterocycles. The van der Waals surface area contributed by atoms with Gasteiger partial charge < -0.3 is 67.0 Å². The van der Waals surface area contributed by atoms with Crippen molar-refractivity contribution in [3.63, 3.8) is 0 Å². The van der Waals surface area contributed by atoms with Crippen LogP contribution in [0.15, 0.2) is 48.7 Å². The number of carbonyl (C=O) groups is 3. The van der Waals surface area contributed by atoms with E-state index in [0.29, 0.717) is 25.4 Å². The summed E-state index contributed by atoms with van der Waals surface area (Å²) >= 11 is 0. The third kappa shape index (κ3) is 20.7. The topological polar surface area (TPSA) is 136 Å². The summed E-state index contributed by atoms with van der Waals surface area (Å²) in [4.78, 5) is 59.6. The summed E-state index contributed by atoms with van der Waals surface area (Å²) in [6.07, 6.45) is 7.89. The maximum Gasteiger partial charge on any atom is 1.00 e. The van der Waals surface area contributed by atoms with Gasteiger partial charge in [0.2, 0.25) is 11.8 Å². The molecule has 3 unspecified atom stereocenters. The summed E-state index contributed by atoms with van der Waals surface area (Å²) in [5.41, 5.74) is 5.73. The molecule has 0 radical (unpaired) electrons. The van der Waals surface area contributed by atoms with Crippen molar-refractivity contribution in [2.75, 3.05) is 20.2 Å². The number of imidazole rings is 2. The number of likely N-dealkylation sites (tertiary alicyclic amines) is 1. The van der Waals surface area contributed by atoms with Crippen molar-refractivity contribution >= 4 is 28.9 Å². The van der Waals surface area contributed by atoms with Crippen molar-refractivity contribution in [2.45, 2.75) is 98.2 Å². The first-order valence-corrected chi connectivity index (χ1v) is 19.5. The van der Waals surface area contributed by atoms with E-state index in [0.717, 1.165) is 90.1 Å². The Bertz CT molecular complexity index is 2110. The fraction of sp³-hybridized carbons (Fsp3) is 0.458. The number of alkyl carbamates (subject to hydrolysis) is 1.